The monoisotopic (exact) mass is 301 g/mol. The first kappa shape index (κ1) is 15.1. The van der Waals surface area contributed by atoms with Crippen molar-refractivity contribution in [1.82, 2.24) is 0 Å². The first-order chi connectivity index (χ1) is 10.3. The van der Waals surface area contributed by atoms with Crippen LogP contribution in [0.4, 0.5) is 5.69 Å². The van der Waals surface area contributed by atoms with E-state index in [9.17, 15) is 9.59 Å². The van der Waals surface area contributed by atoms with E-state index in [1.165, 1.54) is 0 Å². The highest BCUT2D eigenvalue weighted by atomic mass is 16.5. The summed E-state index contributed by atoms with van der Waals surface area (Å²) in [7, 11) is 1.60. The summed E-state index contributed by atoms with van der Waals surface area (Å²) in [6.07, 6.45) is 1.93. The molecule has 1 aromatic rings. The molecular weight excluding hydrogens is 278 g/mol. The van der Waals surface area contributed by atoms with E-state index >= 15 is 0 Å². The number of anilines is 1. The lowest BCUT2D eigenvalue weighted by molar-refractivity contribution is -0.131. The van der Waals surface area contributed by atoms with Gasteiger partial charge in [0.05, 0.1) is 12.5 Å². The fourth-order valence-corrected chi connectivity index (χ4v) is 4.31. The van der Waals surface area contributed by atoms with Crippen molar-refractivity contribution < 1.29 is 14.3 Å². The quantitative estimate of drug-likeness (QED) is 0.930. The normalized spacial score (nSPS) is 32.1. The SMILES string of the molecule is COc1cccc(NC(=O)[C@]23CC[C@](C)(C(=O)C2)C3(C)C)c1. The average molecular weight is 301 g/mol. The molecule has 4 nitrogen and oxygen atoms in total. The summed E-state index contributed by atoms with van der Waals surface area (Å²) in [5.41, 5.74) is -0.580. The maximum absolute atomic E-state index is 13.0. The molecular formula is C18H23NO3. The van der Waals surface area contributed by atoms with Gasteiger partial charge in [0.15, 0.2) is 0 Å². The molecule has 2 aliphatic carbocycles. The summed E-state index contributed by atoms with van der Waals surface area (Å²) >= 11 is 0. The highest BCUT2D eigenvalue weighted by molar-refractivity contribution is 6.04. The molecule has 0 aliphatic heterocycles. The average Bonchev–Trinajstić information content (AvgIpc) is 2.78. The molecule has 4 heteroatoms. The van der Waals surface area contributed by atoms with Crippen molar-refractivity contribution in [2.24, 2.45) is 16.2 Å². The number of benzene rings is 1. The van der Waals surface area contributed by atoms with E-state index in [1.54, 1.807) is 13.2 Å². The van der Waals surface area contributed by atoms with Gasteiger partial charge >= 0.3 is 0 Å². The number of nitrogens with one attached hydrogen (secondary N) is 1. The first-order valence-corrected chi connectivity index (χ1v) is 7.76. The van der Waals surface area contributed by atoms with E-state index in [1.807, 2.05) is 25.1 Å². The molecule has 0 spiro atoms. The topological polar surface area (TPSA) is 55.4 Å². The number of fused-ring (bicyclic) bond motifs is 2. The van der Waals surface area contributed by atoms with Gasteiger partial charge in [0, 0.05) is 23.6 Å². The number of ketones is 1. The zero-order valence-corrected chi connectivity index (χ0v) is 13.7. The number of amides is 1. The molecule has 0 heterocycles. The molecule has 1 aromatic carbocycles. The number of methoxy groups -OCH3 is 1. The highest BCUT2D eigenvalue weighted by Gasteiger charge is 2.72. The Kier molecular flexibility index (Phi) is 3.13. The minimum atomic E-state index is -0.595. The molecule has 118 valence electrons. The van der Waals surface area contributed by atoms with Crippen LogP contribution in [0.25, 0.3) is 0 Å². The molecule has 1 N–H and O–H groups in total. The number of ether oxygens (including phenoxy) is 1. The molecule has 3 rings (SSSR count). The minimum Gasteiger partial charge on any atom is -0.497 e. The van der Waals surface area contributed by atoms with Gasteiger partial charge in [-0.25, -0.2) is 0 Å². The van der Waals surface area contributed by atoms with E-state index in [4.69, 9.17) is 4.74 Å². The number of hydrogen-bond acceptors (Lipinski definition) is 3. The predicted octanol–water partition coefficient (Wildman–Crippen LogP) is 3.42. The van der Waals surface area contributed by atoms with Gasteiger partial charge < -0.3 is 10.1 Å². The second kappa shape index (κ2) is 4.58. The van der Waals surface area contributed by atoms with Gasteiger partial charge in [0.2, 0.25) is 5.91 Å². The highest BCUT2D eigenvalue weighted by Crippen LogP contribution is 2.70. The summed E-state index contributed by atoms with van der Waals surface area (Å²) in [6.45, 7) is 6.15. The van der Waals surface area contributed by atoms with Crippen LogP contribution in [0.5, 0.6) is 5.75 Å². The van der Waals surface area contributed by atoms with Crippen molar-refractivity contribution >= 4 is 17.4 Å². The fourth-order valence-electron chi connectivity index (χ4n) is 4.31. The lowest BCUT2D eigenvalue weighted by Crippen LogP contribution is -2.43. The summed E-state index contributed by atoms with van der Waals surface area (Å²) in [5.74, 6) is 0.887. The Morgan fingerprint density at radius 1 is 1.23 bits per heavy atom. The second-order valence-corrected chi connectivity index (χ2v) is 7.33. The fraction of sp³-hybridized carbons (Fsp3) is 0.556. The number of rotatable bonds is 3. The van der Waals surface area contributed by atoms with Gasteiger partial charge in [0.25, 0.3) is 0 Å². The molecule has 0 unspecified atom stereocenters. The van der Waals surface area contributed by atoms with Crippen LogP contribution < -0.4 is 10.1 Å². The number of hydrogen-bond donors (Lipinski definition) is 1. The first-order valence-electron chi connectivity index (χ1n) is 7.76. The van der Waals surface area contributed by atoms with E-state index in [-0.39, 0.29) is 22.5 Å². The lowest BCUT2D eigenvalue weighted by Gasteiger charge is -2.38. The van der Waals surface area contributed by atoms with Crippen molar-refractivity contribution in [1.29, 1.82) is 0 Å². The summed E-state index contributed by atoms with van der Waals surface area (Å²) in [5, 5.41) is 3.00. The zero-order chi connectivity index (χ0) is 16.2. The Morgan fingerprint density at radius 2 is 1.95 bits per heavy atom. The van der Waals surface area contributed by atoms with E-state index < -0.39 is 5.41 Å². The van der Waals surface area contributed by atoms with Gasteiger partial charge in [-0.1, -0.05) is 26.8 Å². The number of carbonyl (C=O) groups is 2. The van der Waals surface area contributed by atoms with Gasteiger partial charge in [-0.3, -0.25) is 9.59 Å². The van der Waals surface area contributed by atoms with E-state index in [0.29, 0.717) is 17.9 Å². The maximum atomic E-state index is 13.0. The predicted molar refractivity (Wildman–Crippen MR) is 84.8 cm³/mol. The third-order valence-electron chi connectivity index (χ3n) is 6.47. The van der Waals surface area contributed by atoms with Crippen molar-refractivity contribution in [3.63, 3.8) is 0 Å². The van der Waals surface area contributed by atoms with Crippen LogP contribution in [0.1, 0.15) is 40.0 Å². The lowest BCUT2D eigenvalue weighted by atomic mass is 9.64. The standard InChI is InChI=1S/C18H23NO3/c1-16(2)17(3)8-9-18(16,11-14(17)20)15(21)19-12-6-5-7-13(10-12)22-4/h5-7,10H,8-9,11H2,1-4H3,(H,19,21)/t17-,18+/m1/s1. The third kappa shape index (κ3) is 1.70. The Bertz CT molecular complexity index is 651. The van der Waals surface area contributed by atoms with Crippen LogP contribution in [0.15, 0.2) is 24.3 Å². The number of carbonyl (C=O) groups excluding carboxylic acids is 2. The van der Waals surface area contributed by atoms with Gasteiger partial charge in [-0.05, 0) is 30.4 Å². The zero-order valence-electron chi connectivity index (χ0n) is 13.7. The Hall–Kier alpha value is -1.84. The summed E-state index contributed by atoms with van der Waals surface area (Å²) in [6, 6.07) is 7.32. The largest absolute Gasteiger partial charge is 0.497 e. The van der Waals surface area contributed by atoms with Gasteiger partial charge in [-0.2, -0.15) is 0 Å². The number of Topliss-reactive ketones (excluding diaryl/α,β-unsaturated/α-hetero) is 1. The second-order valence-electron chi connectivity index (χ2n) is 7.33. The third-order valence-corrected chi connectivity index (χ3v) is 6.47. The maximum Gasteiger partial charge on any atom is 0.231 e. The van der Waals surface area contributed by atoms with E-state index in [0.717, 1.165) is 12.8 Å². The Balaban J connectivity index is 1.91. The molecule has 2 aliphatic rings. The van der Waals surface area contributed by atoms with Gasteiger partial charge in [-0.15, -0.1) is 0 Å². The molecule has 0 radical (unpaired) electrons. The van der Waals surface area contributed by atoms with Crippen molar-refractivity contribution in [3.8, 4) is 5.75 Å². The molecule has 1 amide bonds. The van der Waals surface area contributed by atoms with Crippen molar-refractivity contribution in [2.75, 3.05) is 12.4 Å². The van der Waals surface area contributed by atoms with Crippen LogP contribution in [-0.2, 0) is 9.59 Å². The smallest absolute Gasteiger partial charge is 0.231 e. The molecule has 0 saturated heterocycles. The van der Waals surface area contributed by atoms with Crippen LogP contribution in [-0.4, -0.2) is 18.8 Å². The molecule has 0 aromatic heterocycles. The van der Waals surface area contributed by atoms with E-state index in [2.05, 4.69) is 19.2 Å². The molecule has 2 fully saturated rings. The Labute approximate surface area is 131 Å². The molecule has 2 bridgehead atoms. The van der Waals surface area contributed by atoms with Gasteiger partial charge in [0.1, 0.15) is 11.5 Å². The summed E-state index contributed by atoms with van der Waals surface area (Å²) in [4.78, 5) is 25.4. The van der Waals surface area contributed by atoms with Crippen LogP contribution >= 0.6 is 0 Å². The van der Waals surface area contributed by atoms with Crippen LogP contribution in [0.2, 0.25) is 0 Å². The Morgan fingerprint density at radius 3 is 2.50 bits per heavy atom. The molecule has 22 heavy (non-hydrogen) atoms. The molecule has 2 saturated carbocycles. The summed E-state index contributed by atoms with van der Waals surface area (Å²) < 4.78 is 5.19. The van der Waals surface area contributed by atoms with Crippen molar-refractivity contribution in [3.05, 3.63) is 24.3 Å². The van der Waals surface area contributed by atoms with Crippen LogP contribution in [0, 0.1) is 16.2 Å². The van der Waals surface area contributed by atoms with Crippen molar-refractivity contribution in [2.45, 2.75) is 40.0 Å². The molecule has 2 atom stereocenters. The minimum absolute atomic E-state index is 0.0414. The van der Waals surface area contributed by atoms with Crippen LogP contribution in [0.3, 0.4) is 0 Å².